The lowest BCUT2D eigenvalue weighted by molar-refractivity contribution is 0.296. The first-order valence-corrected chi connectivity index (χ1v) is 7.36. The van der Waals surface area contributed by atoms with Gasteiger partial charge in [0, 0.05) is 12.5 Å². The molecule has 1 aliphatic carbocycles. The highest BCUT2D eigenvalue weighted by Crippen LogP contribution is 2.43. The Morgan fingerprint density at radius 3 is 2.58 bits per heavy atom. The summed E-state index contributed by atoms with van der Waals surface area (Å²) in [6.45, 7) is 3.85. The fraction of sp³-hybridized carbons (Fsp3) is 0.625. The number of benzene rings is 1. The van der Waals surface area contributed by atoms with E-state index >= 15 is 0 Å². The zero-order chi connectivity index (χ0) is 13.2. The van der Waals surface area contributed by atoms with Crippen molar-refractivity contribution in [3.05, 3.63) is 23.8 Å². The van der Waals surface area contributed by atoms with Crippen LogP contribution in [0, 0.1) is 11.8 Å². The molecule has 0 amide bonds. The minimum Gasteiger partial charge on any atom is -0.490 e. The van der Waals surface area contributed by atoms with E-state index in [0.717, 1.165) is 37.1 Å². The van der Waals surface area contributed by atoms with Gasteiger partial charge in [0.05, 0.1) is 13.2 Å². The lowest BCUT2D eigenvalue weighted by atomic mass is 9.90. The minimum absolute atomic E-state index is 0.407. The molecule has 3 nitrogen and oxygen atoms in total. The molecule has 1 N–H and O–H groups in total. The van der Waals surface area contributed by atoms with Crippen LogP contribution in [0.3, 0.4) is 0 Å². The predicted octanol–water partition coefficient (Wildman–Crippen LogP) is 3.15. The summed E-state index contributed by atoms with van der Waals surface area (Å²) in [5.74, 6) is 3.34. The van der Waals surface area contributed by atoms with E-state index in [0.29, 0.717) is 12.0 Å². The molecule has 0 spiro atoms. The molecular weight excluding hydrogens is 238 g/mol. The molecule has 19 heavy (non-hydrogen) atoms. The van der Waals surface area contributed by atoms with Gasteiger partial charge in [-0.1, -0.05) is 13.0 Å². The summed E-state index contributed by atoms with van der Waals surface area (Å²) in [5.41, 5.74) is 1.31. The first-order valence-electron chi connectivity index (χ1n) is 7.36. The van der Waals surface area contributed by atoms with Crippen LogP contribution >= 0.6 is 0 Å². The predicted molar refractivity (Wildman–Crippen MR) is 75.7 cm³/mol. The van der Waals surface area contributed by atoms with Crippen molar-refractivity contribution in [1.82, 2.24) is 5.32 Å². The molecule has 1 fully saturated rings. The van der Waals surface area contributed by atoms with Gasteiger partial charge in [0.15, 0.2) is 11.5 Å². The molecule has 1 heterocycles. The molecule has 1 saturated carbocycles. The Bertz CT molecular complexity index is 442. The number of hydrogen-bond acceptors (Lipinski definition) is 3. The summed E-state index contributed by atoms with van der Waals surface area (Å²) in [6, 6.07) is 6.79. The van der Waals surface area contributed by atoms with Gasteiger partial charge in [0.1, 0.15) is 0 Å². The monoisotopic (exact) mass is 261 g/mol. The maximum atomic E-state index is 5.79. The third kappa shape index (κ3) is 2.71. The Labute approximate surface area is 115 Å². The van der Waals surface area contributed by atoms with Crippen molar-refractivity contribution in [2.45, 2.75) is 32.2 Å². The molecule has 2 aliphatic rings. The Morgan fingerprint density at radius 1 is 1.16 bits per heavy atom. The van der Waals surface area contributed by atoms with Crippen molar-refractivity contribution in [3.63, 3.8) is 0 Å². The summed E-state index contributed by atoms with van der Waals surface area (Å²) in [7, 11) is 2.05. The van der Waals surface area contributed by atoms with E-state index in [-0.39, 0.29) is 0 Å². The molecule has 2 atom stereocenters. The van der Waals surface area contributed by atoms with Crippen molar-refractivity contribution >= 4 is 0 Å². The largest absolute Gasteiger partial charge is 0.490 e. The Kier molecular flexibility index (Phi) is 3.65. The van der Waals surface area contributed by atoms with Crippen molar-refractivity contribution < 1.29 is 9.47 Å². The van der Waals surface area contributed by atoms with Crippen LogP contribution in [-0.4, -0.2) is 20.3 Å². The topological polar surface area (TPSA) is 30.5 Å². The SMILES string of the molecule is CNC(c1ccc2c(c1)OCCCO2)C(C)C1CC1. The van der Waals surface area contributed by atoms with E-state index in [4.69, 9.17) is 9.47 Å². The molecular formula is C16H23NO2. The second-order valence-corrected chi connectivity index (χ2v) is 5.72. The van der Waals surface area contributed by atoms with Crippen molar-refractivity contribution in [2.75, 3.05) is 20.3 Å². The van der Waals surface area contributed by atoms with Gasteiger partial charge in [-0.05, 0) is 49.4 Å². The van der Waals surface area contributed by atoms with Gasteiger partial charge >= 0.3 is 0 Å². The molecule has 0 bridgehead atoms. The van der Waals surface area contributed by atoms with Gasteiger partial charge < -0.3 is 14.8 Å². The maximum Gasteiger partial charge on any atom is 0.161 e. The number of rotatable bonds is 4. The Hall–Kier alpha value is -1.22. The average molecular weight is 261 g/mol. The molecule has 2 unspecified atom stereocenters. The van der Waals surface area contributed by atoms with Crippen molar-refractivity contribution in [3.8, 4) is 11.5 Å². The molecule has 0 saturated heterocycles. The van der Waals surface area contributed by atoms with Gasteiger partial charge in [0.2, 0.25) is 0 Å². The molecule has 3 heteroatoms. The molecule has 1 aromatic carbocycles. The van der Waals surface area contributed by atoms with Gasteiger partial charge in [-0.15, -0.1) is 0 Å². The summed E-state index contributed by atoms with van der Waals surface area (Å²) in [6.07, 6.45) is 3.71. The molecule has 1 aliphatic heterocycles. The van der Waals surface area contributed by atoms with Gasteiger partial charge in [-0.2, -0.15) is 0 Å². The van der Waals surface area contributed by atoms with Crippen LogP contribution in [0.2, 0.25) is 0 Å². The average Bonchev–Trinajstić information content (AvgIpc) is 3.26. The smallest absolute Gasteiger partial charge is 0.161 e. The highest BCUT2D eigenvalue weighted by atomic mass is 16.5. The second-order valence-electron chi connectivity index (χ2n) is 5.72. The number of hydrogen-bond donors (Lipinski definition) is 1. The lowest BCUT2D eigenvalue weighted by Crippen LogP contribution is -2.24. The molecule has 0 aromatic heterocycles. The molecule has 104 valence electrons. The van der Waals surface area contributed by atoms with E-state index < -0.39 is 0 Å². The zero-order valence-corrected chi connectivity index (χ0v) is 11.8. The standard InChI is InChI=1S/C16H23NO2/c1-11(12-4-5-12)16(17-2)13-6-7-14-15(10-13)19-9-3-8-18-14/h6-7,10-12,16-17H,3-5,8-9H2,1-2H3. The van der Waals surface area contributed by atoms with E-state index in [1.165, 1.54) is 18.4 Å². The van der Waals surface area contributed by atoms with Crippen LogP contribution < -0.4 is 14.8 Å². The van der Waals surface area contributed by atoms with E-state index in [9.17, 15) is 0 Å². The van der Waals surface area contributed by atoms with Gasteiger partial charge in [-0.25, -0.2) is 0 Å². The van der Waals surface area contributed by atoms with Gasteiger partial charge in [-0.3, -0.25) is 0 Å². The third-order valence-corrected chi connectivity index (χ3v) is 4.33. The van der Waals surface area contributed by atoms with Crippen LogP contribution in [0.1, 0.15) is 37.8 Å². The minimum atomic E-state index is 0.407. The summed E-state index contributed by atoms with van der Waals surface area (Å²) in [5, 5.41) is 3.47. The first kappa shape index (κ1) is 12.8. The summed E-state index contributed by atoms with van der Waals surface area (Å²) >= 11 is 0. The summed E-state index contributed by atoms with van der Waals surface area (Å²) in [4.78, 5) is 0. The number of nitrogens with one attached hydrogen (secondary N) is 1. The molecule has 1 aromatic rings. The number of fused-ring (bicyclic) bond motifs is 1. The van der Waals surface area contributed by atoms with E-state index in [1.54, 1.807) is 0 Å². The second kappa shape index (κ2) is 5.41. The fourth-order valence-electron chi connectivity index (χ4n) is 3.00. The molecule has 3 rings (SSSR count). The normalized spacial score (nSPS) is 21.6. The fourth-order valence-corrected chi connectivity index (χ4v) is 3.00. The highest BCUT2D eigenvalue weighted by molar-refractivity contribution is 5.44. The number of ether oxygens (including phenoxy) is 2. The Balaban J connectivity index is 1.84. The van der Waals surface area contributed by atoms with E-state index in [1.807, 2.05) is 7.05 Å². The maximum absolute atomic E-state index is 5.79. The van der Waals surface area contributed by atoms with Crippen LogP contribution in [0.15, 0.2) is 18.2 Å². The van der Waals surface area contributed by atoms with Crippen LogP contribution in [-0.2, 0) is 0 Å². The highest BCUT2D eigenvalue weighted by Gasteiger charge is 2.33. The van der Waals surface area contributed by atoms with Crippen LogP contribution in [0.5, 0.6) is 11.5 Å². The van der Waals surface area contributed by atoms with E-state index in [2.05, 4.69) is 30.4 Å². The quantitative estimate of drug-likeness (QED) is 0.903. The summed E-state index contributed by atoms with van der Waals surface area (Å²) < 4.78 is 11.5. The first-order chi connectivity index (χ1) is 9.29. The van der Waals surface area contributed by atoms with Crippen molar-refractivity contribution in [2.24, 2.45) is 11.8 Å². The van der Waals surface area contributed by atoms with Crippen LogP contribution in [0.4, 0.5) is 0 Å². The molecule has 0 radical (unpaired) electrons. The third-order valence-electron chi connectivity index (χ3n) is 4.33. The van der Waals surface area contributed by atoms with Crippen molar-refractivity contribution in [1.29, 1.82) is 0 Å². The van der Waals surface area contributed by atoms with Crippen LogP contribution in [0.25, 0.3) is 0 Å². The Morgan fingerprint density at radius 2 is 1.89 bits per heavy atom. The zero-order valence-electron chi connectivity index (χ0n) is 11.8. The lowest BCUT2D eigenvalue weighted by Gasteiger charge is -2.24. The van der Waals surface area contributed by atoms with Gasteiger partial charge in [0.25, 0.3) is 0 Å².